The van der Waals surface area contributed by atoms with Crippen LogP contribution in [0, 0.1) is 11.8 Å². The summed E-state index contributed by atoms with van der Waals surface area (Å²) in [5.41, 5.74) is 1.46. The van der Waals surface area contributed by atoms with Crippen LogP contribution in [0.4, 0.5) is 0 Å². The second-order valence-electron chi connectivity index (χ2n) is 6.19. The molecule has 0 saturated carbocycles. The van der Waals surface area contributed by atoms with Gasteiger partial charge in [0.15, 0.2) is 0 Å². The number of piperidine rings is 2. The van der Waals surface area contributed by atoms with Crippen molar-refractivity contribution < 1.29 is 0 Å². The molecule has 0 spiro atoms. The van der Waals surface area contributed by atoms with Crippen LogP contribution in [-0.2, 0) is 6.54 Å². The van der Waals surface area contributed by atoms with Crippen molar-refractivity contribution in [2.24, 2.45) is 11.8 Å². The summed E-state index contributed by atoms with van der Waals surface area (Å²) in [6.07, 6.45) is 5.64. The maximum atomic E-state index is 3.48. The Morgan fingerprint density at radius 2 is 1.53 bits per heavy atom. The lowest BCUT2D eigenvalue weighted by molar-refractivity contribution is 0.126. The first-order valence-electron chi connectivity index (χ1n) is 7.89. The third kappa shape index (κ3) is 3.58. The lowest BCUT2D eigenvalue weighted by Gasteiger charge is -2.37. The van der Waals surface area contributed by atoms with Gasteiger partial charge in [0.1, 0.15) is 0 Å². The number of benzene rings is 1. The van der Waals surface area contributed by atoms with Gasteiger partial charge < -0.3 is 5.32 Å². The van der Waals surface area contributed by atoms with Gasteiger partial charge in [-0.1, -0.05) is 30.3 Å². The summed E-state index contributed by atoms with van der Waals surface area (Å²) in [7, 11) is 0. The van der Waals surface area contributed by atoms with Crippen molar-refractivity contribution in [3.63, 3.8) is 0 Å². The highest BCUT2D eigenvalue weighted by Crippen LogP contribution is 2.31. The summed E-state index contributed by atoms with van der Waals surface area (Å²) in [5, 5.41) is 3.48. The lowest BCUT2D eigenvalue weighted by Crippen LogP contribution is -2.39. The first-order chi connectivity index (χ1) is 9.42. The molecule has 2 heteroatoms. The molecule has 2 fully saturated rings. The van der Waals surface area contributed by atoms with Crippen LogP contribution in [-0.4, -0.2) is 31.1 Å². The van der Waals surface area contributed by atoms with Gasteiger partial charge in [0, 0.05) is 6.54 Å². The van der Waals surface area contributed by atoms with Crippen LogP contribution in [0.2, 0.25) is 0 Å². The number of rotatable bonds is 3. The van der Waals surface area contributed by atoms with Crippen molar-refractivity contribution in [1.82, 2.24) is 10.2 Å². The number of hydrogen-bond donors (Lipinski definition) is 1. The monoisotopic (exact) mass is 258 g/mol. The van der Waals surface area contributed by atoms with E-state index in [-0.39, 0.29) is 0 Å². The topological polar surface area (TPSA) is 15.3 Å². The van der Waals surface area contributed by atoms with E-state index in [1.165, 1.54) is 57.4 Å². The molecule has 2 aliphatic rings. The Hall–Kier alpha value is -0.860. The standard InChI is InChI=1S/C17H26N2/c1-2-4-15(5-3-1)14-19-12-8-17(9-13-19)16-6-10-18-11-7-16/h1-5,16-18H,6-14H2. The molecule has 0 atom stereocenters. The summed E-state index contributed by atoms with van der Waals surface area (Å²) in [5.74, 6) is 1.99. The predicted molar refractivity (Wildman–Crippen MR) is 80.0 cm³/mol. The predicted octanol–water partition coefficient (Wildman–Crippen LogP) is 2.90. The molecule has 2 aliphatic heterocycles. The van der Waals surface area contributed by atoms with Crippen LogP contribution in [0.15, 0.2) is 30.3 Å². The number of nitrogens with one attached hydrogen (secondary N) is 1. The smallest absolute Gasteiger partial charge is 0.0233 e. The maximum absolute atomic E-state index is 3.48. The quantitative estimate of drug-likeness (QED) is 0.897. The highest BCUT2D eigenvalue weighted by atomic mass is 15.1. The van der Waals surface area contributed by atoms with E-state index in [1.54, 1.807) is 0 Å². The molecule has 0 aliphatic carbocycles. The van der Waals surface area contributed by atoms with Gasteiger partial charge in [0.05, 0.1) is 0 Å². The number of likely N-dealkylation sites (tertiary alicyclic amines) is 1. The second-order valence-corrected chi connectivity index (χ2v) is 6.19. The lowest BCUT2D eigenvalue weighted by atomic mass is 9.79. The molecular weight excluding hydrogens is 232 g/mol. The van der Waals surface area contributed by atoms with Gasteiger partial charge in [-0.3, -0.25) is 4.90 Å². The Balaban J connectivity index is 1.46. The molecule has 0 bridgehead atoms. The summed E-state index contributed by atoms with van der Waals surface area (Å²) in [6.45, 7) is 6.22. The van der Waals surface area contributed by atoms with Crippen molar-refractivity contribution in [1.29, 1.82) is 0 Å². The molecule has 3 rings (SSSR count). The van der Waals surface area contributed by atoms with Crippen molar-refractivity contribution in [2.45, 2.75) is 32.2 Å². The van der Waals surface area contributed by atoms with Gasteiger partial charge in [0.25, 0.3) is 0 Å². The average molecular weight is 258 g/mol. The Bertz CT molecular complexity index is 362. The minimum Gasteiger partial charge on any atom is -0.317 e. The van der Waals surface area contributed by atoms with E-state index < -0.39 is 0 Å². The van der Waals surface area contributed by atoms with Gasteiger partial charge in [0.2, 0.25) is 0 Å². The molecule has 2 saturated heterocycles. The van der Waals surface area contributed by atoms with Crippen LogP contribution in [0.5, 0.6) is 0 Å². The highest BCUT2D eigenvalue weighted by molar-refractivity contribution is 5.14. The molecule has 0 unspecified atom stereocenters. The summed E-state index contributed by atoms with van der Waals surface area (Å²) >= 11 is 0. The molecule has 1 N–H and O–H groups in total. The van der Waals surface area contributed by atoms with Crippen molar-refractivity contribution >= 4 is 0 Å². The Morgan fingerprint density at radius 1 is 0.895 bits per heavy atom. The molecule has 0 amide bonds. The fourth-order valence-corrected chi connectivity index (χ4v) is 3.74. The zero-order valence-electron chi connectivity index (χ0n) is 11.9. The van der Waals surface area contributed by atoms with Crippen molar-refractivity contribution in [3.8, 4) is 0 Å². The van der Waals surface area contributed by atoms with E-state index >= 15 is 0 Å². The molecule has 104 valence electrons. The van der Waals surface area contributed by atoms with Crippen LogP contribution in [0.3, 0.4) is 0 Å². The number of hydrogen-bond acceptors (Lipinski definition) is 2. The summed E-state index contributed by atoms with van der Waals surface area (Å²) < 4.78 is 0. The minimum atomic E-state index is 0.995. The van der Waals surface area contributed by atoms with Crippen LogP contribution in [0.1, 0.15) is 31.2 Å². The Kier molecular flexibility index (Phi) is 4.52. The molecule has 2 heterocycles. The fourth-order valence-electron chi connectivity index (χ4n) is 3.74. The van der Waals surface area contributed by atoms with Gasteiger partial charge >= 0.3 is 0 Å². The number of nitrogens with zero attached hydrogens (tertiary/aromatic N) is 1. The van der Waals surface area contributed by atoms with Crippen LogP contribution in [0.25, 0.3) is 0 Å². The third-order valence-corrected chi connectivity index (χ3v) is 4.93. The zero-order valence-corrected chi connectivity index (χ0v) is 11.9. The Labute approximate surface area is 117 Å². The molecule has 19 heavy (non-hydrogen) atoms. The van der Waals surface area contributed by atoms with E-state index in [4.69, 9.17) is 0 Å². The summed E-state index contributed by atoms with van der Waals surface area (Å²) in [4.78, 5) is 2.63. The van der Waals surface area contributed by atoms with Gasteiger partial charge in [-0.05, 0) is 69.3 Å². The van der Waals surface area contributed by atoms with Gasteiger partial charge in [-0.15, -0.1) is 0 Å². The largest absolute Gasteiger partial charge is 0.317 e. The van der Waals surface area contributed by atoms with E-state index in [0.717, 1.165) is 18.4 Å². The molecule has 2 nitrogen and oxygen atoms in total. The van der Waals surface area contributed by atoms with E-state index in [9.17, 15) is 0 Å². The highest BCUT2D eigenvalue weighted by Gasteiger charge is 2.27. The van der Waals surface area contributed by atoms with Crippen molar-refractivity contribution in [3.05, 3.63) is 35.9 Å². The SMILES string of the molecule is c1ccc(CN2CCC(C3CCNCC3)CC2)cc1. The first kappa shape index (κ1) is 13.1. The average Bonchev–Trinajstić information content (AvgIpc) is 2.50. The fraction of sp³-hybridized carbons (Fsp3) is 0.647. The minimum absolute atomic E-state index is 0.995. The Morgan fingerprint density at radius 3 is 2.21 bits per heavy atom. The molecule has 1 aromatic carbocycles. The second kappa shape index (κ2) is 6.53. The first-order valence-corrected chi connectivity index (χ1v) is 7.89. The van der Waals surface area contributed by atoms with Crippen molar-refractivity contribution in [2.75, 3.05) is 26.2 Å². The zero-order chi connectivity index (χ0) is 12.9. The normalized spacial score (nSPS) is 23.6. The maximum Gasteiger partial charge on any atom is 0.0233 e. The van der Waals surface area contributed by atoms with Crippen LogP contribution >= 0.6 is 0 Å². The van der Waals surface area contributed by atoms with Gasteiger partial charge in [-0.2, -0.15) is 0 Å². The molecule has 1 aromatic rings. The molecular formula is C17H26N2. The summed E-state index contributed by atoms with van der Waals surface area (Å²) in [6, 6.07) is 10.9. The van der Waals surface area contributed by atoms with E-state index in [2.05, 4.69) is 40.5 Å². The van der Waals surface area contributed by atoms with Crippen LogP contribution < -0.4 is 5.32 Å². The van der Waals surface area contributed by atoms with E-state index in [0.29, 0.717) is 0 Å². The molecule has 0 radical (unpaired) electrons. The van der Waals surface area contributed by atoms with E-state index in [1.807, 2.05) is 0 Å². The molecule has 0 aromatic heterocycles. The van der Waals surface area contributed by atoms with Gasteiger partial charge in [-0.25, -0.2) is 0 Å². The third-order valence-electron chi connectivity index (χ3n) is 4.93.